The van der Waals surface area contributed by atoms with Gasteiger partial charge in [0.25, 0.3) is 0 Å². The van der Waals surface area contributed by atoms with Gasteiger partial charge in [-0.15, -0.1) is 24.0 Å². The van der Waals surface area contributed by atoms with Crippen molar-refractivity contribution in [2.24, 2.45) is 4.99 Å². The summed E-state index contributed by atoms with van der Waals surface area (Å²) in [6.07, 6.45) is 0.843. The minimum Gasteiger partial charge on any atom is -0.492 e. The smallest absolute Gasteiger partial charge is 0.191 e. The lowest BCUT2D eigenvalue weighted by Crippen LogP contribution is -2.39. The maximum atomic E-state index is 13.0. The van der Waals surface area contributed by atoms with Gasteiger partial charge in [0.1, 0.15) is 12.4 Å². The highest BCUT2D eigenvalue weighted by Gasteiger charge is 2.03. The first-order valence-electron chi connectivity index (χ1n) is 7.76. The number of rotatable bonds is 11. The Morgan fingerprint density at radius 1 is 1.04 bits per heavy atom. The summed E-state index contributed by atoms with van der Waals surface area (Å²) in [5.74, 6) is -0.894. The Bertz CT molecular complexity index is 508. The van der Waals surface area contributed by atoms with Crippen molar-refractivity contribution in [3.63, 3.8) is 0 Å². The van der Waals surface area contributed by atoms with Gasteiger partial charge < -0.3 is 24.8 Å². The number of ether oxygens (including phenoxy) is 3. The number of hydrogen-bond acceptors (Lipinski definition) is 4. The van der Waals surface area contributed by atoms with Crippen LogP contribution in [0.25, 0.3) is 0 Å². The van der Waals surface area contributed by atoms with Crippen molar-refractivity contribution in [3.8, 4) is 5.75 Å². The van der Waals surface area contributed by atoms with Crippen molar-refractivity contribution >= 4 is 29.9 Å². The fraction of sp³-hybridized carbons (Fsp3) is 0.562. The van der Waals surface area contributed by atoms with Gasteiger partial charge in [-0.1, -0.05) is 0 Å². The lowest BCUT2D eigenvalue weighted by atomic mass is 10.3. The zero-order valence-electron chi connectivity index (χ0n) is 14.5. The third-order valence-corrected chi connectivity index (χ3v) is 2.97. The molecule has 0 saturated carbocycles. The molecule has 0 aromatic heterocycles. The van der Waals surface area contributed by atoms with Gasteiger partial charge in [-0.05, 0) is 18.6 Å². The zero-order chi connectivity index (χ0) is 17.6. The largest absolute Gasteiger partial charge is 0.492 e. The Balaban J connectivity index is 0.00000576. The van der Waals surface area contributed by atoms with E-state index in [4.69, 9.17) is 14.2 Å². The number of nitrogens with zero attached hydrogens (tertiary/aromatic N) is 1. The van der Waals surface area contributed by atoms with E-state index in [1.807, 2.05) is 0 Å². The normalized spacial score (nSPS) is 11.0. The van der Waals surface area contributed by atoms with Gasteiger partial charge in [-0.3, -0.25) is 4.99 Å². The molecule has 25 heavy (non-hydrogen) atoms. The summed E-state index contributed by atoms with van der Waals surface area (Å²) in [7, 11) is 3.30. The highest BCUT2D eigenvalue weighted by atomic mass is 127. The molecule has 0 aliphatic carbocycles. The SMILES string of the molecule is CN=C(NCCCOCCOC)NCCOc1ccc(F)c(F)c1.I. The second kappa shape index (κ2) is 15.1. The van der Waals surface area contributed by atoms with Crippen LogP contribution in [0, 0.1) is 11.6 Å². The molecule has 1 aromatic rings. The fourth-order valence-corrected chi connectivity index (χ4v) is 1.75. The predicted molar refractivity (Wildman–Crippen MR) is 104 cm³/mol. The van der Waals surface area contributed by atoms with Crippen LogP contribution in [0.3, 0.4) is 0 Å². The molecule has 6 nitrogen and oxygen atoms in total. The average molecular weight is 473 g/mol. The van der Waals surface area contributed by atoms with Crippen LogP contribution in [0.1, 0.15) is 6.42 Å². The zero-order valence-corrected chi connectivity index (χ0v) is 16.8. The van der Waals surface area contributed by atoms with E-state index >= 15 is 0 Å². The molecular weight excluding hydrogens is 447 g/mol. The Kier molecular flexibility index (Phi) is 14.4. The van der Waals surface area contributed by atoms with Crippen LogP contribution in [-0.4, -0.2) is 59.6 Å². The van der Waals surface area contributed by atoms with Crippen molar-refractivity contribution in [1.82, 2.24) is 10.6 Å². The molecule has 0 saturated heterocycles. The standard InChI is InChI=1S/C16H25F2N3O3.HI/c1-19-16(20-6-3-8-23-11-10-22-2)21-7-9-24-13-4-5-14(17)15(18)12-13;/h4-5,12H,3,6-11H2,1-2H3,(H2,19,20,21);1H. The maximum Gasteiger partial charge on any atom is 0.191 e. The second-order valence-electron chi connectivity index (χ2n) is 4.81. The molecule has 0 spiro atoms. The monoisotopic (exact) mass is 473 g/mol. The van der Waals surface area contributed by atoms with E-state index in [2.05, 4.69) is 15.6 Å². The van der Waals surface area contributed by atoms with E-state index in [1.54, 1.807) is 14.2 Å². The Morgan fingerprint density at radius 2 is 1.80 bits per heavy atom. The Hall–Kier alpha value is -1.20. The van der Waals surface area contributed by atoms with E-state index in [9.17, 15) is 8.78 Å². The number of halogens is 3. The number of methoxy groups -OCH3 is 1. The first-order valence-corrected chi connectivity index (χ1v) is 7.76. The third kappa shape index (κ3) is 11.1. The van der Waals surface area contributed by atoms with E-state index in [1.165, 1.54) is 6.07 Å². The number of nitrogens with one attached hydrogen (secondary N) is 2. The molecule has 9 heteroatoms. The highest BCUT2D eigenvalue weighted by Crippen LogP contribution is 2.14. The second-order valence-corrected chi connectivity index (χ2v) is 4.81. The van der Waals surface area contributed by atoms with Crippen LogP contribution in [0.4, 0.5) is 8.78 Å². The Morgan fingerprint density at radius 3 is 2.48 bits per heavy atom. The first kappa shape index (κ1) is 23.8. The quantitative estimate of drug-likeness (QED) is 0.223. The lowest BCUT2D eigenvalue weighted by Gasteiger charge is -2.12. The summed E-state index contributed by atoms with van der Waals surface area (Å²) >= 11 is 0. The average Bonchev–Trinajstić information content (AvgIpc) is 2.59. The number of aliphatic imine (C=N–C) groups is 1. The van der Waals surface area contributed by atoms with Gasteiger partial charge in [0.05, 0.1) is 19.8 Å². The minimum atomic E-state index is -0.925. The summed E-state index contributed by atoms with van der Waals surface area (Å²) in [6, 6.07) is 3.44. The number of guanidine groups is 1. The molecule has 0 atom stereocenters. The summed E-state index contributed by atoms with van der Waals surface area (Å²) in [4.78, 5) is 4.07. The predicted octanol–water partition coefficient (Wildman–Crippen LogP) is 2.18. The van der Waals surface area contributed by atoms with Crippen molar-refractivity contribution in [2.45, 2.75) is 6.42 Å². The summed E-state index contributed by atoms with van der Waals surface area (Å²) < 4.78 is 41.4. The van der Waals surface area contributed by atoms with Gasteiger partial charge in [0.2, 0.25) is 0 Å². The van der Waals surface area contributed by atoms with Crippen molar-refractivity contribution in [1.29, 1.82) is 0 Å². The molecule has 0 aliphatic heterocycles. The van der Waals surface area contributed by atoms with E-state index in [-0.39, 0.29) is 29.7 Å². The van der Waals surface area contributed by atoms with Crippen molar-refractivity contribution < 1.29 is 23.0 Å². The number of benzene rings is 1. The Labute approximate surface area is 164 Å². The summed E-state index contributed by atoms with van der Waals surface area (Å²) in [5, 5.41) is 6.20. The van der Waals surface area contributed by atoms with E-state index in [0.29, 0.717) is 38.9 Å². The molecule has 2 N–H and O–H groups in total. The maximum absolute atomic E-state index is 13.0. The van der Waals surface area contributed by atoms with Crippen molar-refractivity contribution in [2.75, 3.05) is 53.7 Å². The molecule has 1 aromatic carbocycles. The lowest BCUT2D eigenvalue weighted by molar-refractivity contribution is 0.0698. The topological polar surface area (TPSA) is 64.1 Å². The van der Waals surface area contributed by atoms with Crippen LogP contribution in [-0.2, 0) is 9.47 Å². The molecule has 0 amide bonds. The molecule has 0 radical (unpaired) electrons. The molecule has 0 fully saturated rings. The van der Waals surface area contributed by atoms with Crippen LogP contribution >= 0.6 is 24.0 Å². The minimum absolute atomic E-state index is 0. The van der Waals surface area contributed by atoms with Crippen LogP contribution in [0.5, 0.6) is 5.75 Å². The van der Waals surface area contributed by atoms with Crippen LogP contribution in [0.2, 0.25) is 0 Å². The molecule has 0 bridgehead atoms. The van der Waals surface area contributed by atoms with Gasteiger partial charge in [-0.2, -0.15) is 0 Å². The molecular formula is C16H26F2IN3O3. The summed E-state index contributed by atoms with van der Waals surface area (Å²) in [5.41, 5.74) is 0. The van der Waals surface area contributed by atoms with Gasteiger partial charge in [0, 0.05) is 33.4 Å². The van der Waals surface area contributed by atoms with E-state index in [0.717, 1.165) is 25.1 Å². The van der Waals surface area contributed by atoms with Gasteiger partial charge in [0.15, 0.2) is 17.6 Å². The fourth-order valence-electron chi connectivity index (χ4n) is 1.75. The first-order chi connectivity index (χ1) is 11.7. The third-order valence-electron chi connectivity index (χ3n) is 2.97. The van der Waals surface area contributed by atoms with Crippen LogP contribution < -0.4 is 15.4 Å². The van der Waals surface area contributed by atoms with E-state index < -0.39 is 11.6 Å². The molecule has 0 unspecified atom stereocenters. The van der Waals surface area contributed by atoms with Gasteiger partial charge >= 0.3 is 0 Å². The highest BCUT2D eigenvalue weighted by molar-refractivity contribution is 14.0. The molecule has 1 rings (SSSR count). The molecule has 0 aliphatic rings. The molecule has 0 heterocycles. The summed E-state index contributed by atoms with van der Waals surface area (Å²) in [6.45, 7) is 3.32. The van der Waals surface area contributed by atoms with Crippen LogP contribution in [0.15, 0.2) is 23.2 Å². The number of hydrogen-bond donors (Lipinski definition) is 2. The van der Waals surface area contributed by atoms with Crippen molar-refractivity contribution in [3.05, 3.63) is 29.8 Å². The molecule has 144 valence electrons. The van der Waals surface area contributed by atoms with Gasteiger partial charge in [-0.25, -0.2) is 8.78 Å².